The van der Waals surface area contributed by atoms with E-state index in [4.69, 9.17) is 14.2 Å². The Kier molecular flexibility index (Phi) is 5.49. The van der Waals surface area contributed by atoms with Gasteiger partial charge in [-0.1, -0.05) is 17.7 Å². The Balaban J connectivity index is 1.57. The molecule has 0 saturated carbocycles. The molecular formula is C21H25NO3. The molecule has 0 bridgehead atoms. The maximum absolute atomic E-state index is 5.79. The van der Waals surface area contributed by atoms with Crippen LogP contribution in [0.15, 0.2) is 48.7 Å². The summed E-state index contributed by atoms with van der Waals surface area (Å²) in [6, 6.07) is 14.3. The smallest absolute Gasteiger partial charge is 0.131 e. The molecule has 4 nitrogen and oxygen atoms in total. The lowest BCUT2D eigenvalue weighted by Gasteiger charge is -2.10. The van der Waals surface area contributed by atoms with Crippen molar-refractivity contribution in [3.8, 4) is 17.2 Å². The summed E-state index contributed by atoms with van der Waals surface area (Å²) in [6.45, 7) is 3.75. The SMILES string of the molecule is COc1cc(OC)c2ccn(CCCCOc3ccc(C)cc3)c2c1. The zero-order valence-electron chi connectivity index (χ0n) is 15.1. The maximum Gasteiger partial charge on any atom is 0.131 e. The van der Waals surface area contributed by atoms with Crippen molar-refractivity contribution >= 4 is 10.9 Å². The molecule has 1 aromatic heterocycles. The monoisotopic (exact) mass is 339 g/mol. The third-order valence-corrected chi connectivity index (χ3v) is 4.36. The fraction of sp³-hybridized carbons (Fsp3) is 0.333. The van der Waals surface area contributed by atoms with Crippen molar-refractivity contribution in [3.05, 3.63) is 54.2 Å². The number of aromatic nitrogens is 1. The predicted octanol–water partition coefficient (Wildman–Crippen LogP) is 4.83. The van der Waals surface area contributed by atoms with Crippen LogP contribution in [0.4, 0.5) is 0 Å². The number of hydrogen-bond donors (Lipinski definition) is 0. The second-order valence-corrected chi connectivity index (χ2v) is 6.14. The second-order valence-electron chi connectivity index (χ2n) is 6.14. The third kappa shape index (κ3) is 4.08. The first-order valence-corrected chi connectivity index (χ1v) is 8.61. The van der Waals surface area contributed by atoms with Gasteiger partial charge in [-0.15, -0.1) is 0 Å². The summed E-state index contributed by atoms with van der Waals surface area (Å²) in [5, 5.41) is 1.11. The zero-order chi connectivity index (χ0) is 17.6. The Hall–Kier alpha value is -2.62. The van der Waals surface area contributed by atoms with E-state index in [9.17, 15) is 0 Å². The highest BCUT2D eigenvalue weighted by molar-refractivity contribution is 5.88. The Bertz CT molecular complexity index is 821. The normalized spacial score (nSPS) is 10.8. The van der Waals surface area contributed by atoms with Crippen LogP contribution in [-0.2, 0) is 6.54 Å². The number of nitrogens with zero attached hydrogens (tertiary/aromatic N) is 1. The minimum absolute atomic E-state index is 0.731. The van der Waals surface area contributed by atoms with E-state index in [0.29, 0.717) is 0 Å². The topological polar surface area (TPSA) is 32.6 Å². The number of unbranched alkanes of at least 4 members (excludes halogenated alkanes) is 1. The van der Waals surface area contributed by atoms with Gasteiger partial charge in [0.25, 0.3) is 0 Å². The first-order valence-electron chi connectivity index (χ1n) is 8.61. The fourth-order valence-electron chi connectivity index (χ4n) is 2.93. The van der Waals surface area contributed by atoms with Crippen molar-refractivity contribution in [2.75, 3.05) is 20.8 Å². The highest BCUT2D eigenvalue weighted by atomic mass is 16.5. The van der Waals surface area contributed by atoms with Crippen LogP contribution in [0.5, 0.6) is 17.2 Å². The predicted molar refractivity (Wildman–Crippen MR) is 101 cm³/mol. The Labute approximate surface area is 148 Å². The van der Waals surface area contributed by atoms with E-state index in [2.05, 4.69) is 42.0 Å². The van der Waals surface area contributed by atoms with Gasteiger partial charge < -0.3 is 18.8 Å². The molecule has 132 valence electrons. The summed E-state index contributed by atoms with van der Waals surface area (Å²) in [4.78, 5) is 0. The molecule has 0 radical (unpaired) electrons. The molecule has 0 amide bonds. The number of hydrogen-bond acceptors (Lipinski definition) is 3. The second kappa shape index (κ2) is 7.97. The average molecular weight is 339 g/mol. The van der Waals surface area contributed by atoms with Gasteiger partial charge in [-0.05, 0) is 38.0 Å². The lowest BCUT2D eigenvalue weighted by molar-refractivity contribution is 0.303. The molecule has 2 aromatic carbocycles. The molecule has 0 aliphatic rings. The molecule has 1 heterocycles. The first-order chi connectivity index (χ1) is 12.2. The lowest BCUT2D eigenvalue weighted by Crippen LogP contribution is -2.01. The standard InChI is InChI=1S/C21H25NO3/c1-16-6-8-17(9-7-16)25-13-5-4-11-22-12-10-19-20(22)14-18(23-2)15-21(19)24-3/h6-10,12,14-15H,4-5,11,13H2,1-3H3. The number of aryl methyl sites for hydroxylation is 2. The van der Waals surface area contributed by atoms with Crippen LogP contribution < -0.4 is 14.2 Å². The van der Waals surface area contributed by atoms with Gasteiger partial charge in [0.1, 0.15) is 17.2 Å². The van der Waals surface area contributed by atoms with E-state index in [1.165, 1.54) is 5.56 Å². The minimum Gasteiger partial charge on any atom is -0.497 e. The van der Waals surface area contributed by atoms with Gasteiger partial charge in [-0.25, -0.2) is 0 Å². The summed E-state index contributed by atoms with van der Waals surface area (Å²) >= 11 is 0. The number of benzene rings is 2. The third-order valence-electron chi connectivity index (χ3n) is 4.36. The van der Waals surface area contributed by atoms with E-state index in [1.807, 2.05) is 18.2 Å². The van der Waals surface area contributed by atoms with Crippen molar-refractivity contribution in [3.63, 3.8) is 0 Å². The largest absolute Gasteiger partial charge is 0.497 e. The molecule has 0 fully saturated rings. The molecule has 0 N–H and O–H groups in total. The average Bonchev–Trinajstić information content (AvgIpc) is 3.05. The van der Waals surface area contributed by atoms with E-state index in [-0.39, 0.29) is 0 Å². The fourth-order valence-corrected chi connectivity index (χ4v) is 2.93. The van der Waals surface area contributed by atoms with Crippen LogP contribution in [0.1, 0.15) is 18.4 Å². The van der Waals surface area contributed by atoms with Crippen molar-refractivity contribution in [2.45, 2.75) is 26.3 Å². The molecule has 25 heavy (non-hydrogen) atoms. The Morgan fingerprint density at radius 1 is 0.880 bits per heavy atom. The summed E-state index contributed by atoms with van der Waals surface area (Å²) in [5.41, 5.74) is 2.38. The van der Waals surface area contributed by atoms with E-state index >= 15 is 0 Å². The maximum atomic E-state index is 5.79. The molecule has 3 aromatic rings. The first kappa shape index (κ1) is 17.2. The quantitative estimate of drug-likeness (QED) is 0.551. The van der Waals surface area contributed by atoms with Crippen molar-refractivity contribution in [1.82, 2.24) is 4.57 Å². The lowest BCUT2D eigenvalue weighted by atomic mass is 10.2. The molecule has 3 rings (SSSR count). The molecular weight excluding hydrogens is 314 g/mol. The highest BCUT2D eigenvalue weighted by Gasteiger charge is 2.09. The highest BCUT2D eigenvalue weighted by Crippen LogP contribution is 2.32. The van der Waals surface area contributed by atoms with Crippen molar-refractivity contribution in [1.29, 1.82) is 0 Å². The van der Waals surface area contributed by atoms with Gasteiger partial charge in [0.2, 0.25) is 0 Å². The van der Waals surface area contributed by atoms with E-state index in [1.54, 1.807) is 14.2 Å². The van der Waals surface area contributed by atoms with Gasteiger partial charge in [-0.3, -0.25) is 0 Å². The summed E-state index contributed by atoms with van der Waals surface area (Å²) in [6.07, 6.45) is 4.16. The van der Waals surface area contributed by atoms with Crippen LogP contribution in [0, 0.1) is 6.92 Å². The molecule has 0 spiro atoms. The molecule has 4 heteroatoms. The number of ether oxygens (including phenoxy) is 3. The number of fused-ring (bicyclic) bond motifs is 1. The summed E-state index contributed by atoms with van der Waals surface area (Å²) in [5.74, 6) is 2.59. The summed E-state index contributed by atoms with van der Waals surface area (Å²) in [7, 11) is 3.37. The summed E-state index contributed by atoms with van der Waals surface area (Å²) < 4.78 is 18.9. The molecule has 0 unspecified atom stereocenters. The molecule has 0 aliphatic carbocycles. The Morgan fingerprint density at radius 2 is 1.68 bits per heavy atom. The van der Waals surface area contributed by atoms with E-state index < -0.39 is 0 Å². The van der Waals surface area contributed by atoms with Crippen LogP contribution in [0.2, 0.25) is 0 Å². The minimum atomic E-state index is 0.731. The van der Waals surface area contributed by atoms with Crippen LogP contribution in [-0.4, -0.2) is 25.4 Å². The van der Waals surface area contributed by atoms with E-state index in [0.717, 1.165) is 54.1 Å². The Morgan fingerprint density at radius 3 is 2.40 bits per heavy atom. The molecule has 0 aliphatic heterocycles. The van der Waals surface area contributed by atoms with Gasteiger partial charge in [-0.2, -0.15) is 0 Å². The molecule has 0 saturated heterocycles. The van der Waals surface area contributed by atoms with Crippen LogP contribution >= 0.6 is 0 Å². The van der Waals surface area contributed by atoms with Crippen LogP contribution in [0.25, 0.3) is 10.9 Å². The van der Waals surface area contributed by atoms with Gasteiger partial charge >= 0.3 is 0 Å². The number of methoxy groups -OCH3 is 2. The molecule has 0 atom stereocenters. The number of rotatable bonds is 8. The van der Waals surface area contributed by atoms with Crippen LogP contribution in [0.3, 0.4) is 0 Å². The van der Waals surface area contributed by atoms with Gasteiger partial charge in [0, 0.05) is 30.3 Å². The van der Waals surface area contributed by atoms with Crippen molar-refractivity contribution in [2.24, 2.45) is 0 Å². The van der Waals surface area contributed by atoms with Gasteiger partial charge in [0.15, 0.2) is 0 Å². The zero-order valence-corrected chi connectivity index (χ0v) is 15.1. The van der Waals surface area contributed by atoms with Gasteiger partial charge in [0.05, 0.1) is 26.3 Å². The van der Waals surface area contributed by atoms with Crippen molar-refractivity contribution < 1.29 is 14.2 Å².